The van der Waals surface area contributed by atoms with Crippen molar-refractivity contribution < 1.29 is 9.53 Å². The molecule has 0 aliphatic heterocycles. The Labute approximate surface area is 138 Å². The fraction of sp³-hybridized carbons (Fsp3) is 0.500. The van der Waals surface area contributed by atoms with E-state index in [2.05, 4.69) is 31.2 Å². The Morgan fingerprint density at radius 2 is 2.14 bits per heavy atom. The molecular formula is C16H20BrN3O2. The molecular weight excluding hydrogens is 346 g/mol. The molecule has 6 heteroatoms. The molecule has 1 aromatic carbocycles. The van der Waals surface area contributed by atoms with Crippen LogP contribution in [0.5, 0.6) is 0 Å². The minimum Gasteiger partial charge on any atom is -0.444 e. The van der Waals surface area contributed by atoms with E-state index in [0.29, 0.717) is 0 Å². The number of rotatable bonds is 2. The number of benzene rings is 1. The van der Waals surface area contributed by atoms with E-state index in [1.807, 2.05) is 39.0 Å². The first-order valence-corrected chi connectivity index (χ1v) is 8.24. The summed E-state index contributed by atoms with van der Waals surface area (Å²) in [5, 5.41) is 3.01. The number of amides is 1. The maximum Gasteiger partial charge on any atom is 0.408 e. The zero-order valence-electron chi connectivity index (χ0n) is 13.0. The molecule has 5 nitrogen and oxygen atoms in total. The summed E-state index contributed by atoms with van der Waals surface area (Å²) in [6.07, 6.45) is 2.41. The van der Waals surface area contributed by atoms with Gasteiger partial charge in [0.15, 0.2) is 0 Å². The predicted octanol–water partition coefficient (Wildman–Crippen LogP) is 4.23. The third-order valence-electron chi connectivity index (χ3n) is 3.84. The molecule has 1 fully saturated rings. The number of aromatic nitrogens is 2. The summed E-state index contributed by atoms with van der Waals surface area (Å²) in [5.41, 5.74) is 0.916. The van der Waals surface area contributed by atoms with Crippen molar-refractivity contribution in [2.24, 2.45) is 0 Å². The third-order valence-corrected chi connectivity index (χ3v) is 4.34. The molecule has 1 heterocycles. The number of fused-ring (bicyclic) bond motifs is 1. The topological polar surface area (TPSA) is 67.0 Å². The summed E-state index contributed by atoms with van der Waals surface area (Å²) in [7, 11) is 0. The number of carbonyl (C=O) groups is 1. The van der Waals surface area contributed by atoms with Gasteiger partial charge >= 0.3 is 6.09 Å². The van der Waals surface area contributed by atoms with Crippen LogP contribution in [0.25, 0.3) is 11.0 Å². The fourth-order valence-electron chi connectivity index (χ4n) is 2.66. The van der Waals surface area contributed by atoms with Crippen molar-refractivity contribution >= 4 is 33.1 Å². The normalized spacial score (nSPS) is 17.1. The third kappa shape index (κ3) is 2.97. The van der Waals surface area contributed by atoms with Crippen molar-refractivity contribution in [3.8, 4) is 0 Å². The molecule has 1 saturated carbocycles. The maximum absolute atomic E-state index is 12.1. The molecule has 2 aromatic rings. The van der Waals surface area contributed by atoms with Gasteiger partial charge in [-0.05, 0) is 58.2 Å². The van der Waals surface area contributed by atoms with Crippen molar-refractivity contribution in [2.45, 2.75) is 51.2 Å². The summed E-state index contributed by atoms with van der Waals surface area (Å²) in [5.74, 6) is 0.803. The lowest BCUT2D eigenvalue weighted by molar-refractivity contribution is 0.0366. The van der Waals surface area contributed by atoms with Gasteiger partial charge in [-0.2, -0.15) is 0 Å². The van der Waals surface area contributed by atoms with Crippen molar-refractivity contribution in [3.63, 3.8) is 0 Å². The summed E-state index contributed by atoms with van der Waals surface area (Å²) in [4.78, 5) is 20.1. The molecule has 3 rings (SSSR count). The van der Waals surface area contributed by atoms with Crippen molar-refractivity contribution in [2.75, 3.05) is 0 Å². The number of hydrogen-bond acceptors (Lipinski definition) is 3. The molecule has 1 aromatic heterocycles. The predicted molar refractivity (Wildman–Crippen MR) is 88.7 cm³/mol. The van der Waals surface area contributed by atoms with Crippen molar-refractivity contribution in [1.82, 2.24) is 15.3 Å². The van der Waals surface area contributed by atoms with Gasteiger partial charge in [-0.3, -0.25) is 0 Å². The minimum atomic E-state index is -0.506. The van der Waals surface area contributed by atoms with Crippen molar-refractivity contribution in [1.29, 1.82) is 0 Å². The second-order valence-corrected chi connectivity index (χ2v) is 7.73. The monoisotopic (exact) mass is 365 g/mol. The number of H-pyrrole nitrogens is 1. The van der Waals surface area contributed by atoms with Gasteiger partial charge in [-0.1, -0.05) is 15.9 Å². The Kier molecular flexibility index (Phi) is 3.67. The molecule has 0 radical (unpaired) electrons. The Bertz CT molecular complexity index is 714. The van der Waals surface area contributed by atoms with Gasteiger partial charge in [-0.15, -0.1) is 0 Å². The van der Waals surface area contributed by atoms with Gasteiger partial charge in [0.25, 0.3) is 0 Å². The molecule has 1 aliphatic carbocycles. The average Bonchev–Trinajstić information content (AvgIpc) is 2.74. The Morgan fingerprint density at radius 1 is 1.41 bits per heavy atom. The molecule has 0 unspecified atom stereocenters. The van der Waals surface area contributed by atoms with E-state index < -0.39 is 17.2 Å². The van der Waals surface area contributed by atoms with Crippen LogP contribution >= 0.6 is 15.9 Å². The second-order valence-electron chi connectivity index (χ2n) is 6.81. The molecule has 1 amide bonds. The minimum absolute atomic E-state index is 0.395. The number of imidazole rings is 1. The fourth-order valence-corrected chi connectivity index (χ4v) is 3.02. The number of ether oxygens (including phenoxy) is 1. The second kappa shape index (κ2) is 5.26. The number of carbonyl (C=O) groups excluding carboxylic acids is 1. The SMILES string of the molecule is CC(C)(C)OC(=O)NC1(c2nc3ccc(Br)cc3[nH]2)CCC1. The van der Waals surface area contributed by atoms with Crippen LogP contribution in [0.3, 0.4) is 0 Å². The Balaban J connectivity index is 1.86. The number of hydrogen-bond donors (Lipinski definition) is 2. The van der Waals surface area contributed by atoms with Crippen LogP contribution in [0.15, 0.2) is 22.7 Å². The highest BCUT2D eigenvalue weighted by Gasteiger charge is 2.43. The lowest BCUT2D eigenvalue weighted by Crippen LogP contribution is -2.52. The largest absolute Gasteiger partial charge is 0.444 e. The first-order chi connectivity index (χ1) is 10.3. The molecule has 22 heavy (non-hydrogen) atoms. The number of aromatic amines is 1. The van der Waals surface area contributed by atoms with E-state index in [4.69, 9.17) is 4.74 Å². The van der Waals surface area contributed by atoms with Crippen LogP contribution in [0.4, 0.5) is 4.79 Å². The highest BCUT2D eigenvalue weighted by molar-refractivity contribution is 9.10. The van der Waals surface area contributed by atoms with Gasteiger partial charge < -0.3 is 15.0 Å². The van der Waals surface area contributed by atoms with Crippen LogP contribution < -0.4 is 5.32 Å². The van der Waals surface area contributed by atoms with Crippen LogP contribution in [0.2, 0.25) is 0 Å². The molecule has 2 N–H and O–H groups in total. The smallest absolute Gasteiger partial charge is 0.408 e. The Hall–Kier alpha value is -1.56. The van der Waals surface area contributed by atoms with Crippen molar-refractivity contribution in [3.05, 3.63) is 28.5 Å². The lowest BCUT2D eigenvalue weighted by Gasteiger charge is -2.40. The van der Waals surface area contributed by atoms with E-state index in [1.165, 1.54) is 0 Å². The average molecular weight is 366 g/mol. The van der Waals surface area contributed by atoms with Gasteiger partial charge in [0, 0.05) is 4.47 Å². The van der Waals surface area contributed by atoms with E-state index in [-0.39, 0.29) is 0 Å². The highest BCUT2D eigenvalue weighted by Crippen LogP contribution is 2.40. The Morgan fingerprint density at radius 3 is 2.73 bits per heavy atom. The molecule has 0 bridgehead atoms. The molecule has 1 aliphatic rings. The van der Waals surface area contributed by atoms with Crippen LogP contribution in [0.1, 0.15) is 45.9 Å². The first-order valence-electron chi connectivity index (χ1n) is 7.44. The quantitative estimate of drug-likeness (QED) is 0.836. The van der Waals surface area contributed by atoms with Gasteiger partial charge in [0.2, 0.25) is 0 Å². The summed E-state index contributed by atoms with van der Waals surface area (Å²) in [6.45, 7) is 5.58. The number of halogens is 1. The highest BCUT2D eigenvalue weighted by atomic mass is 79.9. The standard InChI is InChI=1S/C16H20BrN3O2/c1-15(2,3)22-14(21)20-16(7-4-8-16)13-18-11-6-5-10(17)9-12(11)19-13/h5-6,9H,4,7-8H2,1-3H3,(H,18,19)(H,20,21). The molecule has 0 spiro atoms. The summed E-state index contributed by atoms with van der Waals surface area (Å²) in [6, 6.07) is 5.91. The maximum atomic E-state index is 12.1. The van der Waals surface area contributed by atoms with E-state index in [9.17, 15) is 4.79 Å². The summed E-state index contributed by atoms with van der Waals surface area (Å²) >= 11 is 3.46. The molecule has 0 atom stereocenters. The van der Waals surface area contributed by atoms with E-state index in [1.54, 1.807) is 0 Å². The van der Waals surface area contributed by atoms with E-state index in [0.717, 1.165) is 40.6 Å². The van der Waals surface area contributed by atoms with Crippen LogP contribution in [-0.4, -0.2) is 21.7 Å². The number of nitrogens with one attached hydrogen (secondary N) is 2. The molecule has 118 valence electrons. The number of alkyl carbamates (subject to hydrolysis) is 1. The van der Waals surface area contributed by atoms with Crippen LogP contribution in [-0.2, 0) is 10.3 Å². The van der Waals surface area contributed by atoms with E-state index >= 15 is 0 Å². The lowest BCUT2D eigenvalue weighted by atomic mass is 9.76. The zero-order chi connectivity index (χ0) is 16.0. The summed E-state index contributed by atoms with van der Waals surface area (Å²) < 4.78 is 6.38. The zero-order valence-corrected chi connectivity index (χ0v) is 14.6. The first kappa shape index (κ1) is 15.3. The van der Waals surface area contributed by atoms with Crippen LogP contribution in [0, 0.1) is 0 Å². The van der Waals surface area contributed by atoms with Gasteiger partial charge in [0.05, 0.1) is 11.0 Å². The number of nitrogens with zero attached hydrogens (tertiary/aromatic N) is 1. The van der Waals surface area contributed by atoms with Gasteiger partial charge in [0.1, 0.15) is 17.0 Å². The van der Waals surface area contributed by atoms with Gasteiger partial charge in [-0.25, -0.2) is 9.78 Å². The molecule has 0 saturated heterocycles.